The first-order valence-electron chi connectivity index (χ1n) is 6.61. The topological polar surface area (TPSA) is 37.4 Å². The summed E-state index contributed by atoms with van der Waals surface area (Å²) in [5, 5.41) is 0. The predicted octanol–water partition coefficient (Wildman–Crippen LogP) is 2.74. The molecule has 0 aliphatic rings. The van der Waals surface area contributed by atoms with Gasteiger partial charge in [-0.1, -0.05) is 34.6 Å². The van der Waals surface area contributed by atoms with Gasteiger partial charge in [-0.3, -0.25) is 9.59 Å². The van der Waals surface area contributed by atoms with E-state index in [1.807, 2.05) is 4.90 Å². The zero-order chi connectivity index (χ0) is 13.6. The summed E-state index contributed by atoms with van der Waals surface area (Å²) in [5.41, 5.74) is 0. The van der Waals surface area contributed by atoms with Gasteiger partial charge in [0.05, 0.1) is 5.92 Å². The van der Waals surface area contributed by atoms with Crippen molar-refractivity contribution in [2.24, 2.45) is 17.8 Å². The number of carbonyl (C=O) groups excluding carboxylic acids is 2. The monoisotopic (exact) mass is 241 g/mol. The molecule has 0 aliphatic heterocycles. The van der Waals surface area contributed by atoms with Crippen molar-refractivity contribution < 1.29 is 9.59 Å². The smallest absolute Gasteiger partial charge is 0.232 e. The molecular formula is C14H27NO2. The lowest BCUT2D eigenvalue weighted by Gasteiger charge is -2.28. The molecule has 0 aromatic carbocycles. The number of ketones is 1. The van der Waals surface area contributed by atoms with Crippen LogP contribution >= 0.6 is 0 Å². The molecule has 100 valence electrons. The Morgan fingerprint density at radius 1 is 0.941 bits per heavy atom. The Kier molecular flexibility index (Phi) is 7.09. The number of Topliss-reactive ketones (excluding diaryl/α,β-unsaturated/α-hetero) is 1. The van der Waals surface area contributed by atoms with Crippen LogP contribution in [-0.2, 0) is 9.59 Å². The zero-order valence-corrected chi connectivity index (χ0v) is 12.1. The average molecular weight is 241 g/mol. The molecule has 3 heteroatoms. The molecule has 0 spiro atoms. The first-order chi connectivity index (χ1) is 7.79. The molecule has 0 N–H and O–H groups in total. The molecule has 0 aliphatic carbocycles. The molecule has 0 unspecified atom stereocenters. The normalized spacial score (nSPS) is 12.9. The third kappa shape index (κ3) is 5.85. The number of hydrogen-bond donors (Lipinski definition) is 0. The van der Waals surface area contributed by atoms with Crippen molar-refractivity contribution in [3.8, 4) is 0 Å². The Morgan fingerprint density at radius 3 is 1.65 bits per heavy atom. The van der Waals surface area contributed by atoms with E-state index in [2.05, 4.69) is 27.7 Å². The van der Waals surface area contributed by atoms with Gasteiger partial charge in [0, 0.05) is 19.5 Å². The van der Waals surface area contributed by atoms with Gasteiger partial charge in [0.25, 0.3) is 0 Å². The van der Waals surface area contributed by atoms with E-state index in [-0.39, 0.29) is 11.7 Å². The molecule has 0 aromatic heterocycles. The first kappa shape index (κ1) is 16.1. The number of rotatable bonds is 7. The van der Waals surface area contributed by atoms with Crippen molar-refractivity contribution >= 4 is 11.7 Å². The Hall–Kier alpha value is -0.860. The van der Waals surface area contributed by atoms with Crippen LogP contribution < -0.4 is 0 Å². The molecule has 3 nitrogen and oxygen atoms in total. The zero-order valence-electron chi connectivity index (χ0n) is 12.1. The highest BCUT2D eigenvalue weighted by Gasteiger charge is 2.25. The summed E-state index contributed by atoms with van der Waals surface area (Å²) in [7, 11) is 0. The summed E-state index contributed by atoms with van der Waals surface area (Å²) >= 11 is 0. The van der Waals surface area contributed by atoms with Gasteiger partial charge in [-0.05, 0) is 18.8 Å². The van der Waals surface area contributed by atoms with Gasteiger partial charge in [0.2, 0.25) is 5.91 Å². The van der Waals surface area contributed by atoms with Crippen LogP contribution in [0.5, 0.6) is 0 Å². The number of hydrogen-bond acceptors (Lipinski definition) is 2. The fraction of sp³-hybridized carbons (Fsp3) is 0.857. The summed E-state index contributed by atoms with van der Waals surface area (Å²) in [6.07, 6.45) is 0.435. The Bertz CT molecular complexity index is 249. The second-order valence-electron chi connectivity index (χ2n) is 5.57. The molecule has 0 bridgehead atoms. The Balaban J connectivity index is 4.67. The van der Waals surface area contributed by atoms with Crippen molar-refractivity contribution in [1.82, 2.24) is 4.90 Å². The molecular weight excluding hydrogens is 214 g/mol. The molecule has 0 fully saturated rings. The number of amides is 1. The lowest BCUT2D eigenvalue weighted by atomic mass is 10.0. The van der Waals surface area contributed by atoms with Crippen LogP contribution in [0, 0.1) is 17.8 Å². The molecule has 17 heavy (non-hydrogen) atoms. The van der Waals surface area contributed by atoms with Crippen LogP contribution in [0.3, 0.4) is 0 Å². The predicted molar refractivity (Wildman–Crippen MR) is 70.7 cm³/mol. The van der Waals surface area contributed by atoms with Crippen molar-refractivity contribution in [3.05, 3.63) is 0 Å². The van der Waals surface area contributed by atoms with Gasteiger partial charge in [0.1, 0.15) is 5.78 Å². The van der Waals surface area contributed by atoms with Crippen LogP contribution in [0.2, 0.25) is 0 Å². The molecule has 0 saturated carbocycles. The van der Waals surface area contributed by atoms with Crippen molar-refractivity contribution in [3.63, 3.8) is 0 Å². The van der Waals surface area contributed by atoms with Crippen LogP contribution in [0.1, 0.15) is 48.0 Å². The largest absolute Gasteiger partial charge is 0.342 e. The van der Waals surface area contributed by atoms with Crippen molar-refractivity contribution in [2.45, 2.75) is 48.0 Å². The van der Waals surface area contributed by atoms with Crippen LogP contribution in [0.25, 0.3) is 0 Å². The van der Waals surface area contributed by atoms with E-state index >= 15 is 0 Å². The van der Waals surface area contributed by atoms with E-state index in [1.54, 1.807) is 13.8 Å². The minimum Gasteiger partial charge on any atom is -0.342 e. The van der Waals surface area contributed by atoms with E-state index in [1.165, 1.54) is 0 Å². The fourth-order valence-electron chi connectivity index (χ4n) is 1.85. The average Bonchev–Trinajstić information content (AvgIpc) is 2.23. The highest BCUT2D eigenvalue weighted by Crippen LogP contribution is 2.11. The van der Waals surface area contributed by atoms with Gasteiger partial charge in [-0.2, -0.15) is 0 Å². The van der Waals surface area contributed by atoms with Gasteiger partial charge >= 0.3 is 0 Å². The fourth-order valence-corrected chi connectivity index (χ4v) is 1.85. The summed E-state index contributed by atoms with van der Waals surface area (Å²) in [4.78, 5) is 25.6. The summed E-state index contributed by atoms with van der Waals surface area (Å²) in [6.45, 7) is 13.4. The highest BCUT2D eigenvalue weighted by atomic mass is 16.2. The molecule has 1 atom stereocenters. The number of carbonyl (C=O) groups is 2. The maximum atomic E-state index is 12.2. The second kappa shape index (κ2) is 7.46. The van der Waals surface area contributed by atoms with Crippen molar-refractivity contribution in [1.29, 1.82) is 0 Å². The van der Waals surface area contributed by atoms with Crippen LogP contribution in [0.4, 0.5) is 0 Å². The third-order valence-electron chi connectivity index (χ3n) is 2.68. The molecule has 0 radical (unpaired) electrons. The minimum atomic E-state index is -0.488. The van der Waals surface area contributed by atoms with Crippen molar-refractivity contribution in [2.75, 3.05) is 13.1 Å². The highest BCUT2D eigenvalue weighted by molar-refractivity contribution is 6.00. The van der Waals surface area contributed by atoms with Gasteiger partial charge in [0.15, 0.2) is 0 Å². The van der Waals surface area contributed by atoms with Gasteiger partial charge in [-0.15, -0.1) is 0 Å². The molecule has 1 amide bonds. The Labute approximate surface area is 106 Å². The summed E-state index contributed by atoms with van der Waals surface area (Å²) < 4.78 is 0. The Morgan fingerprint density at radius 2 is 1.35 bits per heavy atom. The second-order valence-corrected chi connectivity index (χ2v) is 5.57. The SMILES string of the molecule is CCC(=O)[C@H](C)C(=O)N(CC(C)C)CC(C)C. The lowest BCUT2D eigenvalue weighted by molar-refractivity contribution is -0.141. The van der Waals surface area contributed by atoms with E-state index in [0.717, 1.165) is 13.1 Å². The molecule has 0 aromatic rings. The lowest BCUT2D eigenvalue weighted by Crippen LogP contribution is -2.42. The van der Waals surface area contributed by atoms with Crippen LogP contribution in [0.15, 0.2) is 0 Å². The summed E-state index contributed by atoms with van der Waals surface area (Å²) in [5.74, 6) is 0.396. The van der Waals surface area contributed by atoms with E-state index in [0.29, 0.717) is 18.3 Å². The van der Waals surface area contributed by atoms with Gasteiger partial charge in [-0.25, -0.2) is 0 Å². The first-order valence-corrected chi connectivity index (χ1v) is 6.61. The third-order valence-corrected chi connectivity index (χ3v) is 2.68. The van der Waals surface area contributed by atoms with Gasteiger partial charge < -0.3 is 4.90 Å². The minimum absolute atomic E-state index is 0.0146. The van der Waals surface area contributed by atoms with Crippen LogP contribution in [-0.4, -0.2) is 29.7 Å². The van der Waals surface area contributed by atoms with E-state index in [9.17, 15) is 9.59 Å². The molecule has 0 rings (SSSR count). The standard InChI is InChI=1S/C14H27NO2/c1-7-13(16)12(6)14(17)15(8-10(2)3)9-11(4)5/h10-12H,7-9H2,1-6H3/t12-/m0/s1. The maximum Gasteiger partial charge on any atom is 0.232 e. The van der Waals surface area contributed by atoms with E-state index in [4.69, 9.17) is 0 Å². The number of nitrogens with zero attached hydrogens (tertiary/aromatic N) is 1. The maximum absolute atomic E-state index is 12.2. The molecule has 0 heterocycles. The summed E-state index contributed by atoms with van der Waals surface area (Å²) in [6, 6.07) is 0. The molecule has 0 saturated heterocycles. The quantitative estimate of drug-likeness (QED) is 0.643. The van der Waals surface area contributed by atoms with E-state index < -0.39 is 5.92 Å².